The van der Waals surface area contributed by atoms with Crippen LogP contribution in [0.3, 0.4) is 0 Å². The van der Waals surface area contributed by atoms with Gasteiger partial charge in [0.15, 0.2) is 0 Å². The molecule has 0 amide bonds. The number of hydrogen-bond acceptors (Lipinski definition) is 2. The van der Waals surface area contributed by atoms with Gasteiger partial charge in [0.25, 0.3) is 0 Å². The smallest absolute Gasteiger partial charge is 0.120 e. The molecule has 0 heterocycles. The normalized spacial score (nSPS) is 9.40. The lowest BCUT2D eigenvalue weighted by Gasteiger charge is -1.99. The van der Waals surface area contributed by atoms with E-state index in [2.05, 4.69) is 6.07 Å². The van der Waals surface area contributed by atoms with Crippen molar-refractivity contribution in [2.75, 3.05) is 13.4 Å². The fourth-order valence-electron chi connectivity index (χ4n) is 0.670. The highest BCUT2D eigenvalue weighted by molar-refractivity contribution is 7.98. The molecule has 0 aliphatic heterocycles. The first kappa shape index (κ1) is 7.48. The number of hydrogen-bond donors (Lipinski definition) is 0. The molecule has 0 atom stereocenters. The number of rotatable bonds is 2. The van der Waals surface area contributed by atoms with Crippen LogP contribution in [-0.2, 0) is 0 Å². The van der Waals surface area contributed by atoms with E-state index >= 15 is 0 Å². The first-order valence-corrected chi connectivity index (χ1v) is 4.19. The number of thioether (sulfide) groups is 1. The topological polar surface area (TPSA) is 9.23 Å². The van der Waals surface area contributed by atoms with Crippen molar-refractivity contribution in [2.45, 2.75) is 4.90 Å². The molecule has 0 aliphatic rings. The molecular weight excluding hydrogens is 144 g/mol. The molecule has 1 nitrogen and oxygen atoms in total. The van der Waals surface area contributed by atoms with Crippen LogP contribution in [-0.4, -0.2) is 13.4 Å². The quantitative estimate of drug-likeness (QED) is 0.602. The molecule has 0 saturated heterocycles. The van der Waals surface area contributed by atoms with Gasteiger partial charge in [0.1, 0.15) is 5.75 Å². The summed E-state index contributed by atoms with van der Waals surface area (Å²) in [5, 5.41) is 0. The highest BCUT2D eigenvalue weighted by Crippen LogP contribution is 2.19. The summed E-state index contributed by atoms with van der Waals surface area (Å²) in [6, 6.07) is 8.79. The van der Waals surface area contributed by atoms with E-state index in [0.717, 1.165) is 10.6 Å². The predicted molar refractivity (Wildman–Crippen MR) is 43.6 cm³/mol. The minimum atomic E-state index is 0.892. The van der Waals surface area contributed by atoms with Gasteiger partial charge in [0, 0.05) is 4.90 Å². The van der Waals surface area contributed by atoms with Crippen LogP contribution in [0.2, 0.25) is 0 Å². The first-order chi connectivity index (χ1) is 4.86. The van der Waals surface area contributed by atoms with Gasteiger partial charge in [0.05, 0.1) is 7.11 Å². The fourth-order valence-corrected chi connectivity index (χ4v) is 1.09. The maximum Gasteiger partial charge on any atom is 0.120 e. The van der Waals surface area contributed by atoms with Crippen molar-refractivity contribution in [1.29, 1.82) is 0 Å². The second-order valence-electron chi connectivity index (χ2n) is 1.80. The lowest BCUT2D eigenvalue weighted by Crippen LogP contribution is -1.81. The summed E-state index contributed by atoms with van der Waals surface area (Å²) in [6.45, 7) is 0. The van der Waals surface area contributed by atoms with Crippen LogP contribution >= 0.6 is 11.8 Å². The summed E-state index contributed by atoms with van der Waals surface area (Å²) in [7, 11) is 1.67. The highest BCUT2D eigenvalue weighted by Gasteiger charge is 1.91. The SMILES string of the molecule is COc1cc[c]c(SC)c1. The van der Waals surface area contributed by atoms with E-state index in [9.17, 15) is 0 Å². The monoisotopic (exact) mass is 153 g/mol. The van der Waals surface area contributed by atoms with Crippen molar-refractivity contribution < 1.29 is 4.74 Å². The average molecular weight is 153 g/mol. The number of benzene rings is 1. The van der Waals surface area contributed by atoms with Gasteiger partial charge in [-0.05, 0) is 30.5 Å². The zero-order valence-corrected chi connectivity index (χ0v) is 6.87. The minimum Gasteiger partial charge on any atom is -0.497 e. The van der Waals surface area contributed by atoms with Crippen LogP contribution in [0.5, 0.6) is 5.75 Å². The van der Waals surface area contributed by atoms with Crippen molar-refractivity contribution in [2.24, 2.45) is 0 Å². The van der Waals surface area contributed by atoms with Crippen LogP contribution in [0, 0.1) is 6.07 Å². The zero-order chi connectivity index (χ0) is 7.40. The van der Waals surface area contributed by atoms with Gasteiger partial charge in [0.2, 0.25) is 0 Å². The Morgan fingerprint density at radius 2 is 2.40 bits per heavy atom. The molecule has 0 N–H and O–H groups in total. The Hall–Kier alpha value is -0.630. The second-order valence-corrected chi connectivity index (χ2v) is 2.64. The molecule has 53 valence electrons. The van der Waals surface area contributed by atoms with E-state index < -0.39 is 0 Å². The maximum atomic E-state index is 5.02. The van der Waals surface area contributed by atoms with E-state index in [1.807, 2.05) is 24.5 Å². The molecule has 1 rings (SSSR count). The van der Waals surface area contributed by atoms with Gasteiger partial charge in [-0.2, -0.15) is 0 Å². The van der Waals surface area contributed by atoms with Crippen molar-refractivity contribution in [3.8, 4) is 5.75 Å². The van der Waals surface area contributed by atoms with Crippen molar-refractivity contribution in [3.05, 3.63) is 24.3 Å². The molecule has 0 aromatic heterocycles. The van der Waals surface area contributed by atoms with Crippen LogP contribution in [0.25, 0.3) is 0 Å². The molecule has 0 aliphatic carbocycles. The summed E-state index contributed by atoms with van der Waals surface area (Å²) in [5.41, 5.74) is 0. The molecule has 1 aromatic rings. The summed E-state index contributed by atoms with van der Waals surface area (Å²) in [4.78, 5) is 1.11. The third-order valence-corrected chi connectivity index (χ3v) is 1.88. The molecule has 0 unspecified atom stereocenters. The Bertz CT molecular complexity index is 191. The van der Waals surface area contributed by atoms with Crippen LogP contribution in [0.15, 0.2) is 23.1 Å². The van der Waals surface area contributed by atoms with Gasteiger partial charge in [-0.25, -0.2) is 0 Å². The third-order valence-electron chi connectivity index (χ3n) is 1.20. The summed E-state index contributed by atoms with van der Waals surface area (Å²) >= 11 is 1.66. The van der Waals surface area contributed by atoms with E-state index in [1.54, 1.807) is 18.9 Å². The first-order valence-electron chi connectivity index (χ1n) is 2.96. The Labute approximate surface area is 65.4 Å². The van der Waals surface area contributed by atoms with Gasteiger partial charge >= 0.3 is 0 Å². The number of ether oxygens (including phenoxy) is 1. The van der Waals surface area contributed by atoms with Gasteiger partial charge in [-0.15, -0.1) is 11.8 Å². The molecule has 1 aromatic carbocycles. The minimum absolute atomic E-state index is 0.892. The summed E-state index contributed by atoms with van der Waals surface area (Å²) in [6.07, 6.45) is 2.02. The Balaban J connectivity index is 2.87. The summed E-state index contributed by atoms with van der Waals surface area (Å²) in [5.74, 6) is 0.892. The highest BCUT2D eigenvalue weighted by atomic mass is 32.2. The molecule has 0 fully saturated rings. The standard InChI is InChI=1S/C8H9OS/c1-9-7-4-3-5-8(6-7)10-2/h3-4,6H,1-2H3. The molecule has 0 spiro atoms. The molecule has 2 heteroatoms. The third kappa shape index (κ3) is 1.67. The number of methoxy groups -OCH3 is 1. The van der Waals surface area contributed by atoms with Gasteiger partial charge in [-0.1, -0.05) is 0 Å². The van der Waals surface area contributed by atoms with Crippen molar-refractivity contribution in [3.63, 3.8) is 0 Å². The molecule has 0 bridgehead atoms. The Kier molecular flexibility index (Phi) is 2.63. The largest absolute Gasteiger partial charge is 0.497 e. The van der Waals surface area contributed by atoms with Crippen LogP contribution in [0.1, 0.15) is 0 Å². The summed E-state index contributed by atoms with van der Waals surface area (Å²) < 4.78 is 5.02. The lowest BCUT2D eigenvalue weighted by molar-refractivity contribution is 0.413. The van der Waals surface area contributed by atoms with Crippen LogP contribution < -0.4 is 4.74 Å². The van der Waals surface area contributed by atoms with E-state index in [0.29, 0.717) is 0 Å². The Morgan fingerprint density at radius 1 is 1.60 bits per heavy atom. The molecule has 0 saturated carbocycles. The zero-order valence-electron chi connectivity index (χ0n) is 6.05. The predicted octanol–water partition coefficient (Wildman–Crippen LogP) is 2.22. The average Bonchev–Trinajstić information content (AvgIpc) is 2.05. The molecular formula is C8H9OS. The fraction of sp³-hybridized carbons (Fsp3) is 0.250. The van der Waals surface area contributed by atoms with E-state index in [-0.39, 0.29) is 0 Å². The maximum absolute atomic E-state index is 5.02. The van der Waals surface area contributed by atoms with Gasteiger partial charge in [-0.3, -0.25) is 0 Å². The lowest BCUT2D eigenvalue weighted by atomic mass is 10.3. The van der Waals surface area contributed by atoms with E-state index in [1.165, 1.54) is 0 Å². The second kappa shape index (κ2) is 3.52. The molecule has 10 heavy (non-hydrogen) atoms. The van der Waals surface area contributed by atoms with Gasteiger partial charge < -0.3 is 4.74 Å². The molecule has 1 radical (unpaired) electrons. The van der Waals surface area contributed by atoms with Crippen molar-refractivity contribution >= 4 is 11.8 Å². The van der Waals surface area contributed by atoms with Crippen molar-refractivity contribution in [1.82, 2.24) is 0 Å². The van der Waals surface area contributed by atoms with Crippen LogP contribution in [0.4, 0.5) is 0 Å². The van der Waals surface area contributed by atoms with E-state index in [4.69, 9.17) is 4.74 Å². The Morgan fingerprint density at radius 3 is 3.00 bits per heavy atom.